The van der Waals surface area contributed by atoms with Gasteiger partial charge in [0.05, 0.1) is 5.69 Å². The molecule has 2 aromatic rings. The standard InChI is InChI=1S/C21H22F2N2O2S/c22-15-1-2-17(16(23)6-15)27-10-19(26)25-20-24-18(11-28-20)21-7-12-3-13(8-21)5-14(4-12)9-21/h1-2,6,11-14H,3-5,7-10H2,(H,24,25,26). The van der Waals surface area contributed by atoms with Gasteiger partial charge in [-0.3, -0.25) is 10.1 Å². The number of nitrogens with zero attached hydrogens (tertiary/aromatic N) is 1. The maximum Gasteiger partial charge on any atom is 0.264 e. The second-order valence-corrected chi connectivity index (χ2v) is 9.51. The van der Waals surface area contributed by atoms with E-state index in [1.165, 1.54) is 55.9 Å². The molecule has 4 fully saturated rings. The molecule has 1 amide bonds. The third-order valence-electron chi connectivity index (χ3n) is 6.58. The van der Waals surface area contributed by atoms with Gasteiger partial charge >= 0.3 is 0 Å². The summed E-state index contributed by atoms with van der Waals surface area (Å²) in [4.78, 5) is 16.9. The number of amides is 1. The highest BCUT2D eigenvalue weighted by atomic mass is 32.1. The first-order valence-corrected chi connectivity index (χ1v) is 10.7. The fourth-order valence-electron chi connectivity index (χ4n) is 5.89. The van der Waals surface area contributed by atoms with Crippen molar-refractivity contribution in [3.05, 3.63) is 40.9 Å². The van der Waals surface area contributed by atoms with Gasteiger partial charge in [0.1, 0.15) is 5.82 Å². The number of carbonyl (C=O) groups is 1. The predicted octanol–water partition coefficient (Wildman–Crippen LogP) is 4.91. The number of anilines is 1. The maximum absolute atomic E-state index is 13.6. The van der Waals surface area contributed by atoms with Gasteiger partial charge in [0.15, 0.2) is 23.3 Å². The van der Waals surface area contributed by atoms with Crippen LogP contribution < -0.4 is 10.1 Å². The Morgan fingerprint density at radius 3 is 2.50 bits per heavy atom. The van der Waals surface area contributed by atoms with E-state index in [4.69, 9.17) is 9.72 Å². The average Bonchev–Trinajstić information content (AvgIpc) is 3.09. The van der Waals surface area contributed by atoms with Gasteiger partial charge in [0.2, 0.25) is 0 Å². The summed E-state index contributed by atoms with van der Waals surface area (Å²) in [7, 11) is 0. The molecule has 1 aromatic heterocycles. The molecule has 6 rings (SSSR count). The number of carbonyl (C=O) groups excluding carboxylic acids is 1. The molecule has 0 unspecified atom stereocenters. The Hall–Kier alpha value is -2.02. The number of benzene rings is 1. The van der Waals surface area contributed by atoms with Crippen LogP contribution >= 0.6 is 11.3 Å². The molecule has 4 nitrogen and oxygen atoms in total. The molecule has 1 heterocycles. The fraction of sp³-hybridized carbons (Fsp3) is 0.524. The minimum absolute atomic E-state index is 0.148. The Morgan fingerprint density at radius 1 is 1.18 bits per heavy atom. The summed E-state index contributed by atoms with van der Waals surface area (Å²) < 4.78 is 31.7. The van der Waals surface area contributed by atoms with Crippen LogP contribution in [0.25, 0.3) is 0 Å². The van der Waals surface area contributed by atoms with Crippen LogP contribution in [0.15, 0.2) is 23.6 Å². The van der Waals surface area contributed by atoms with E-state index in [1.807, 2.05) is 0 Å². The number of thiazole rings is 1. The van der Waals surface area contributed by atoms with Crippen molar-refractivity contribution in [1.82, 2.24) is 4.98 Å². The molecular weight excluding hydrogens is 382 g/mol. The van der Waals surface area contributed by atoms with Crippen LogP contribution in [0.3, 0.4) is 0 Å². The summed E-state index contributed by atoms with van der Waals surface area (Å²) in [6, 6.07) is 2.99. The van der Waals surface area contributed by atoms with Crippen molar-refractivity contribution < 1.29 is 18.3 Å². The molecule has 0 radical (unpaired) electrons. The Morgan fingerprint density at radius 2 is 1.86 bits per heavy atom. The summed E-state index contributed by atoms with van der Waals surface area (Å²) in [5, 5.41) is 5.38. The molecule has 1 aromatic carbocycles. The highest BCUT2D eigenvalue weighted by Gasteiger charge is 2.52. The van der Waals surface area contributed by atoms with Gasteiger partial charge in [-0.05, 0) is 68.4 Å². The number of halogens is 2. The lowest BCUT2D eigenvalue weighted by atomic mass is 9.49. The summed E-state index contributed by atoms with van der Waals surface area (Å²) >= 11 is 1.43. The minimum Gasteiger partial charge on any atom is -0.481 e. The molecule has 7 heteroatoms. The Balaban J connectivity index is 1.23. The highest BCUT2D eigenvalue weighted by molar-refractivity contribution is 7.13. The van der Waals surface area contributed by atoms with Gasteiger partial charge in [0, 0.05) is 16.9 Å². The van der Waals surface area contributed by atoms with Crippen LogP contribution in [-0.4, -0.2) is 17.5 Å². The number of hydrogen-bond donors (Lipinski definition) is 1. The molecular formula is C21H22F2N2O2S. The predicted molar refractivity (Wildman–Crippen MR) is 102 cm³/mol. The van der Waals surface area contributed by atoms with E-state index in [-0.39, 0.29) is 17.8 Å². The Labute approximate surface area is 166 Å². The average molecular weight is 404 g/mol. The number of rotatable bonds is 5. The number of nitrogens with one attached hydrogen (secondary N) is 1. The second kappa shape index (κ2) is 6.79. The molecule has 1 N–H and O–H groups in total. The van der Waals surface area contributed by atoms with Crippen molar-refractivity contribution in [1.29, 1.82) is 0 Å². The lowest BCUT2D eigenvalue weighted by Gasteiger charge is -2.56. The molecule has 0 atom stereocenters. The van der Waals surface area contributed by atoms with E-state index in [9.17, 15) is 13.6 Å². The largest absolute Gasteiger partial charge is 0.481 e. The van der Waals surface area contributed by atoms with Crippen LogP contribution in [0.5, 0.6) is 5.75 Å². The molecule has 4 aliphatic carbocycles. The first kappa shape index (κ1) is 18.0. The number of aromatic nitrogens is 1. The minimum atomic E-state index is -0.828. The molecule has 4 aliphatic rings. The Kier molecular flexibility index (Phi) is 4.38. The lowest BCUT2D eigenvalue weighted by molar-refractivity contribution is -0.118. The van der Waals surface area contributed by atoms with Crippen LogP contribution in [-0.2, 0) is 10.2 Å². The Bertz CT molecular complexity index is 878. The van der Waals surface area contributed by atoms with Crippen molar-refractivity contribution in [2.45, 2.75) is 43.9 Å². The van der Waals surface area contributed by atoms with E-state index < -0.39 is 17.5 Å². The van der Waals surface area contributed by atoms with E-state index in [1.54, 1.807) is 0 Å². The molecule has 148 valence electrons. The quantitative estimate of drug-likeness (QED) is 0.771. The first-order valence-electron chi connectivity index (χ1n) is 9.83. The van der Waals surface area contributed by atoms with Gasteiger partial charge < -0.3 is 4.74 Å². The van der Waals surface area contributed by atoms with Crippen molar-refractivity contribution in [2.75, 3.05) is 11.9 Å². The molecule has 28 heavy (non-hydrogen) atoms. The van der Waals surface area contributed by atoms with Crippen molar-refractivity contribution in [3.63, 3.8) is 0 Å². The van der Waals surface area contributed by atoms with Gasteiger partial charge in [0.25, 0.3) is 5.91 Å². The van der Waals surface area contributed by atoms with Crippen molar-refractivity contribution >= 4 is 22.4 Å². The smallest absolute Gasteiger partial charge is 0.264 e. The third-order valence-corrected chi connectivity index (χ3v) is 7.34. The zero-order valence-electron chi connectivity index (χ0n) is 15.4. The topological polar surface area (TPSA) is 51.2 Å². The van der Waals surface area contributed by atoms with Crippen molar-refractivity contribution in [3.8, 4) is 5.75 Å². The van der Waals surface area contributed by atoms with Crippen LogP contribution in [0.4, 0.5) is 13.9 Å². The van der Waals surface area contributed by atoms with Gasteiger partial charge in [-0.25, -0.2) is 13.8 Å². The fourth-order valence-corrected chi connectivity index (χ4v) is 6.74. The second-order valence-electron chi connectivity index (χ2n) is 8.65. The zero-order chi connectivity index (χ0) is 19.3. The third kappa shape index (κ3) is 3.30. The van der Waals surface area contributed by atoms with E-state index >= 15 is 0 Å². The first-order chi connectivity index (χ1) is 13.5. The van der Waals surface area contributed by atoms with E-state index in [0.717, 1.165) is 35.6 Å². The van der Waals surface area contributed by atoms with Crippen LogP contribution in [0, 0.1) is 29.4 Å². The van der Waals surface area contributed by atoms with Crippen LogP contribution in [0.1, 0.15) is 44.2 Å². The summed E-state index contributed by atoms with van der Waals surface area (Å²) in [6.07, 6.45) is 7.81. The molecule has 0 aliphatic heterocycles. The normalized spacial score (nSPS) is 30.4. The summed E-state index contributed by atoms with van der Waals surface area (Å²) in [5.41, 5.74) is 1.32. The van der Waals surface area contributed by atoms with Gasteiger partial charge in [-0.2, -0.15) is 0 Å². The van der Waals surface area contributed by atoms with E-state index in [2.05, 4.69) is 10.7 Å². The van der Waals surface area contributed by atoms with Gasteiger partial charge in [-0.1, -0.05) is 0 Å². The van der Waals surface area contributed by atoms with E-state index in [0.29, 0.717) is 5.13 Å². The number of hydrogen-bond acceptors (Lipinski definition) is 4. The monoisotopic (exact) mass is 404 g/mol. The lowest BCUT2D eigenvalue weighted by Crippen LogP contribution is -2.48. The molecule has 4 bridgehead atoms. The molecule has 4 saturated carbocycles. The summed E-state index contributed by atoms with van der Waals surface area (Å²) in [5.74, 6) is 0.445. The maximum atomic E-state index is 13.6. The SMILES string of the molecule is O=C(COc1ccc(F)cc1F)Nc1nc(C23CC4CC(CC(C4)C2)C3)cs1. The number of ether oxygens (including phenoxy) is 1. The van der Waals surface area contributed by atoms with Gasteiger partial charge in [-0.15, -0.1) is 11.3 Å². The van der Waals surface area contributed by atoms with Crippen LogP contribution in [0.2, 0.25) is 0 Å². The van der Waals surface area contributed by atoms with Crippen molar-refractivity contribution in [2.24, 2.45) is 17.8 Å². The summed E-state index contributed by atoms with van der Waals surface area (Å²) in [6.45, 7) is -0.352. The molecule has 0 spiro atoms. The zero-order valence-corrected chi connectivity index (χ0v) is 16.2. The highest BCUT2D eigenvalue weighted by Crippen LogP contribution is 2.60. The molecule has 0 saturated heterocycles.